The average molecular weight is 458 g/mol. The Kier molecular flexibility index (Phi) is 5.44. The van der Waals surface area contributed by atoms with Crippen LogP contribution in [0.2, 0.25) is 0 Å². The van der Waals surface area contributed by atoms with E-state index in [1.54, 1.807) is 54.6 Å². The van der Waals surface area contributed by atoms with Crippen molar-refractivity contribution in [1.82, 2.24) is 4.90 Å². The van der Waals surface area contributed by atoms with Crippen LogP contribution in [-0.2, 0) is 22.6 Å². The predicted octanol–water partition coefficient (Wildman–Crippen LogP) is 4.32. The zero-order chi connectivity index (χ0) is 22.9. The Morgan fingerprint density at radius 1 is 0.818 bits per heavy atom. The summed E-state index contributed by atoms with van der Waals surface area (Å²) in [5.74, 6) is -1.15. The number of nitrogens with zero attached hydrogens (tertiary/aromatic N) is 2. The number of anilines is 2. The number of carbonyl (C=O) groups excluding carboxylic acids is 3. The fourth-order valence-corrected chi connectivity index (χ4v) is 4.33. The Hall–Kier alpha value is -3.90. The van der Waals surface area contributed by atoms with Crippen LogP contribution in [-0.4, -0.2) is 29.2 Å². The summed E-state index contributed by atoms with van der Waals surface area (Å²) in [6.45, 7) is 1.26. The standard InChI is InChI=1S/C26H20ClN3O3/c27-22-23(26(33)30(25(22)32)21-8-2-1-3-9-21)28-20-12-10-18(11-13-20)24(31)29-15-14-17-6-4-5-7-19(17)16-29/h1-13,28H,14-16H2. The second kappa shape index (κ2) is 8.56. The number of carbonyl (C=O) groups is 3. The minimum Gasteiger partial charge on any atom is -0.350 e. The molecule has 6 nitrogen and oxygen atoms in total. The number of amides is 3. The first-order valence-electron chi connectivity index (χ1n) is 10.6. The molecule has 0 saturated carbocycles. The van der Waals surface area contributed by atoms with Gasteiger partial charge in [-0.3, -0.25) is 14.4 Å². The monoisotopic (exact) mass is 457 g/mol. The minimum absolute atomic E-state index is 0.0113. The third kappa shape index (κ3) is 3.90. The van der Waals surface area contributed by atoms with Crippen LogP contribution in [0, 0.1) is 0 Å². The summed E-state index contributed by atoms with van der Waals surface area (Å²) in [5.41, 5.74) is 4.03. The van der Waals surface area contributed by atoms with E-state index in [9.17, 15) is 14.4 Å². The molecule has 3 aromatic carbocycles. The molecule has 2 heterocycles. The van der Waals surface area contributed by atoms with Crippen LogP contribution in [0.25, 0.3) is 0 Å². The van der Waals surface area contributed by atoms with Crippen molar-refractivity contribution in [3.63, 3.8) is 0 Å². The highest BCUT2D eigenvalue weighted by Gasteiger charge is 2.38. The van der Waals surface area contributed by atoms with Crippen LogP contribution in [0.15, 0.2) is 89.6 Å². The van der Waals surface area contributed by atoms with Crippen molar-refractivity contribution in [3.05, 3.63) is 106 Å². The van der Waals surface area contributed by atoms with Gasteiger partial charge in [-0.25, -0.2) is 4.90 Å². The van der Waals surface area contributed by atoms with Crippen molar-refractivity contribution >= 4 is 40.7 Å². The average Bonchev–Trinajstić information content (AvgIpc) is 3.07. The molecular weight excluding hydrogens is 438 g/mol. The van der Waals surface area contributed by atoms with Gasteiger partial charge in [0.1, 0.15) is 10.7 Å². The van der Waals surface area contributed by atoms with Gasteiger partial charge in [0.15, 0.2) is 0 Å². The molecule has 2 aliphatic rings. The fourth-order valence-electron chi connectivity index (χ4n) is 4.12. The van der Waals surface area contributed by atoms with E-state index in [0.717, 1.165) is 11.3 Å². The number of benzene rings is 3. The summed E-state index contributed by atoms with van der Waals surface area (Å²) in [6.07, 6.45) is 0.836. The van der Waals surface area contributed by atoms with Crippen LogP contribution < -0.4 is 10.2 Å². The molecule has 0 spiro atoms. The van der Waals surface area contributed by atoms with Crippen LogP contribution in [0.5, 0.6) is 0 Å². The lowest BCUT2D eigenvalue weighted by Gasteiger charge is -2.29. The molecule has 0 saturated heterocycles. The number of hydrogen-bond donors (Lipinski definition) is 1. The first kappa shape index (κ1) is 21.0. The summed E-state index contributed by atoms with van der Waals surface area (Å²) in [7, 11) is 0. The number of hydrogen-bond acceptors (Lipinski definition) is 4. The number of rotatable bonds is 4. The Morgan fingerprint density at radius 2 is 1.48 bits per heavy atom. The maximum atomic E-state index is 13.0. The summed E-state index contributed by atoms with van der Waals surface area (Å²) < 4.78 is 0. The first-order chi connectivity index (χ1) is 16.0. The molecule has 0 aromatic heterocycles. The van der Waals surface area contributed by atoms with E-state index in [2.05, 4.69) is 17.4 Å². The summed E-state index contributed by atoms with van der Waals surface area (Å²) in [4.78, 5) is 41.3. The molecule has 3 aromatic rings. The van der Waals surface area contributed by atoms with Crippen molar-refractivity contribution in [2.75, 3.05) is 16.8 Å². The minimum atomic E-state index is -0.576. The van der Waals surface area contributed by atoms with Gasteiger partial charge in [0.05, 0.1) is 5.69 Å². The number of nitrogens with one attached hydrogen (secondary N) is 1. The highest BCUT2D eigenvalue weighted by molar-refractivity contribution is 6.53. The lowest BCUT2D eigenvalue weighted by Crippen LogP contribution is -2.35. The van der Waals surface area contributed by atoms with E-state index in [0.29, 0.717) is 30.0 Å². The highest BCUT2D eigenvalue weighted by atomic mass is 35.5. The smallest absolute Gasteiger partial charge is 0.283 e. The van der Waals surface area contributed by atoms with Gasteiger partial charge in [0.25, 0.3) is 17.7 Å². The Labute approximate surface area is 196 Å². The van der Waals surface area contributed by atoms with E-state index in [4.69, 9.17) is 11.6 Å². The van der Waals surface area contributed by atoms with Crippen molar-refractivity contribution < 1.29 is 14.4 Å². The predicted molar refractivity (Wildman–Crippen MR) is 127 cm³/mol. The van der Waals surface area contributed by atoms with Gasteiger partial charge in [-0.05, 0) is 53.9 Å². The van der Waals surface area contributed by atoms with Gasteiger partial charge in [0, 0.05) is 24.3 Å². The normalized spacial score (nSPS) is 15.7. The second-order valence-electron chi connectivity index (χ2n) is 7.92. The molecule has 1 N–H and O–H groups in total. The van der Waals surface area contributed by atoms with Crippen molar-refractivity contribution in [1.29, 1.82) is 0 Å². The topological polar surface area (TPSA) is 69.7 Å². The van der Waals surface area contributed by atoms with Gasteiger partial charge in [0.2, 0.25) is 0 Å². The second-order valence-corrected chi connectivity index (χ2v) is 8.30. The quantitative estimate of drug-likeness (QED) is 0.592. The number of halogens is 1. The molecule has 33 heavy (non-hydrogen) atoms. The molecule has 0 fully saturated rings. The lowest BCUT2D eigenvalue weighted by atomic mass is 9.99. The van der Waals surface area contributed by atoms with E-state index in [1.807, 2.05) is 17.0 Å². The highest BCUT2D eigenvalue weighted by Crippen LogP contribution is 2.30. The SMILES string of the molecule is O=C(c1ccc(NC2=C(Cl)C(=O)N(c3ccccc3)C2=O)cc1)N1CCc2ccccc2C1. The Balaban J connectivity index is 1.30. The molecular formula is C26H20ClN3O3. The molecule has 0 atom stereocenters. The van der Waals surface area contributed by atoms with E-state index in [-0.39, 0.29) is 16.6 Å². The Bertz CT molecular complexity index is 1290. The Morgan fingerprint density at radius 3 is 2.21 bits per heavy atom. The molecule has 0 radical (unpaired) electrons. The molecule has 0 unspecified atom stereocenters. The van der Waals surface area contributed by atoms with Crippen LogP contribution in [0.1, 0.15) is 21.5 Å². The maximum Gasteiger partial charge on any atom is 0.283 e. The molecule has 5 rings (SSSR count). The van der Waals surface area contributed by atoms with Crippen LogP contribution in [0.3, 0.4) is 0 Å². The zero-order valence-corrected chi connectivity index (χ0v) is 18.4. The molecule has 0 bridgehead atoms. The zero-order valence-electron chi connectivity index (χ0n) is 17.6. The van der Waals surface area contributed by atoms with Crippen LogP contribution in [0.4, 0.5) is 11.4 Å². The van der Waals surface area contributed by atoms with Gasteiger partial charge in [-0.15, -0.1) is 0 Å². The van der Waals surface area contributed by atoms with Gasteiger partial charge < -0.3 is 10.2 Å². The van der Waals surface area contributed by atoms with Crippen LogP contribution >= 0.6 is 11.6 Å². The first-order valence-corrected chi connectivity index (χ1v) is 11.0. The summed E-state index contributed by atoms with van der Waals surface area (Å²) >= 11 is 6.19. The van der Waals surface area contributed by atoms with Gasteiger partial charge in [-0.2, -0.15) is 0 Å². The summed E-state index contributed by atoms with van der Waals surface area (Å²) in [5, 5.41) is 2.77. The van der Waals surface area contributed by atoms with Crippen molar-refractivity contribution in [3.8, 4) is 0 Å². The van der Waals surface area contributed by atoms with Crippen molar-refractivity contribution in [2.24, 2.45) is 0 Å². The summed E-state index contributed by atoms with van der Waals surface area (Å²) in [6, 6.07) is 23.6. The lowest BCUT2D eigenvalue weighted by molar-refractivity contribution is -0.120. The fraction of sp³-hybridized carbons (Fsp3) is 0.115. The van der Waals surface area contributed by atoms with E-state index in [1.165, 1.54) is 11.1 Å². The van der Waals surface area contributed by atoms with Crippen molar-refractivity contribution in [2.45, 2.75) is 13.0 Å². The van der Waals surface area contributed by atoms with E-state index < -0.39 is 11.8 Å². The molecule has 7 heteroatoms. The number of para-hydroxylation sites is 1. The number of imide groups is 1. The third-order valence-electron chi connectivity index (χ3n) is 5.86. The van der Waals surface area contributed by atoms with E-state index >= 15 is 0 Å². The molecule has 0 aliphatic carbocycles. The largest absolute Gasteiger partial charge is 0.350 e. The third-order valence-corrected chi connectivity index (χ3v) is 6.21. The molecule has 2 aliphatic heterocycles. The van der Waals surface area contributed by atoms with Gasteiger partial charge >= 0.3 is 0 Å². The molecule has 164 valence electrons. The van der Waals surface area contributed by atoms with Gasteiger partial charge in [-0.1, -0.05) is 54.1 Å². The number of fused-ring (bicyclic) bond motifs is 1. The maximum absolute atomic E-state index is 13.0. The molecule has 3 amide bonds.